The molecule has 0 bridgehead atoms. The van der Waals surface area contributed by atoms with Gasteiger partial charge in [-0.15, -0.1) is 0 Å². The van der Waals surface area contributed by atoms with E-state index in [1.807, 2.05) is 0 Å². The van der Waals surface area contributed by atoms with Gasteiger partial charge in [0.15, 0.2) is 5.13 Å². The Morgan fingerprint density at radius 3 is 2.33 bits per heavy atom. The predicted molar refractivity (Wildman–Crippen MR) is 92.8 cm³/mol. The zero-order valence-corrected chi connectivity index (χ0v) is 14.6. The molecular formula is C17H25N3S. The molecule has 1 heterocycles. The molecule has 0 saturated carbocycles. The van der Waals surface area contributed by atoms with E-state index in [4.69, 9.17) is 4.98 Å². The molecule has 21 heavy (non-hydrogen) atoms. The zero-order valence-electron chi connectivity index (χ0n) is 13.8. The second-order valence-electron chi connectivity index (χ2n) is 5.95. The van der Waals surface area contributed by atoms with Gasteiger partial charge in [-0.2, -0.15) is 0 Å². The van der Waals surface area contributed by atoms with E-state index < -0.39 is 0 Å². The van der Waals surface area contributed by atoms with Gasteiger partial charge in [0.2, 0.25) is 0 Å². The van der Waals surface area contributed by atoms with Gasteiger partial charge in [-0.25, -0.2) is 4.98 Å². The molecule has 0 amide bonds. The van der Waals surface area contributed by atoms with E-state index in [0.717, 1.165) is 17.4 Å². The average molecular weight is 303 g/mol. The van der Waals surface area contributed by atoms with Crippen molar-refractivity contribution in [1.29, 1.82) is 0 Å². The highest BCUT2D eigenvalue weighted by Crippen LogP contribution is 2.31. The monoisotopic (exact) mass is 303 g/mol. The van der Waals surface area contributed by atoms with Gasteiger partial charge in [0.05, 0.1) is 5.69 Å². The molecule has 2 aromatic rings. The highest BCUT2D eigenvalue weighted by atomic mass is 32.1. The van der Waals surface area contributed by atoms with E-state index in [-0.39, 0.29) is 0 Å². The van der Waals surface area contributed by atoms with Crippen LogP contribution in [0, 0.1) is 20.8 Å². The van der Waals surface area contributed by atoms with Gasteiger partial charge in [-0.3, -0.25) is 0 Å². The summed E-state index contributed by atoms with van der Waals surface area (Å²) < 4.78 is 0. The molecule has 1 N–H and O–H groups in total. The van der Waals surface area contributed by atoms with Crippen LogP contribution in [0.15, 0.2) is 18.2 Å². The van der Waals surface area contributed by atoms with Crippen LogP contribution >= 0.6 is 11.3 Å². The van der Waals surface area contributed by atoms with Gasteiger partial charge in [0.25, 0.3) is 0 Å². The van der Waals surface area contributed by atoms with Gasteiger partial charge in [-0.05, 0) is 44.0 Å². The molecule has 0 aliphatic carbocycles. The molecule has 4 heteroatoms. The number of anilines is 2. The summed E-state index contributed by atoms with van der Waals surface area (Å²) >= 11 is 1.77. The summed E-state index contributed by atoms with van der Waals surface area (Å²) in [4.78, 5) is 8.22. The predicted octanol–water partition coefficient (Wildman–Crippen LogP) is 4.33. The van der Waals surface area contributed by atoms with E-state index >= 15 is 0 Å². The number of hydrogen-bond acceptors (Lipinski definition) is 4. The van der Waals surface area contributed by atoms with Crippen LogP contribution in [-0.4, -0.2) is 18.1 Å². The first-order chi connectivity index (χ1) is 9.86. The third-order valence-electron chi connectivity index (χ3n) is 3.43. The number of benzene rings is 1. The Balaban J connectivity index is 2.23. The van der Waals surface area contributed by atoms with Crippen molar-refractivity contribution in [3.63, 3.8) is 0 Å². The minimum absolute atomic E-state index is 0.493. The molecule has 0 saturated heterocycles. The SMILES string of the molecule is Cc1cc(C)cc(N(C)c2nc(C)c(CNC(C)C)s2)c1. The van der Waals surface area contributed by atoms with Crippen molar-refractivity contribution in [1.82, 2.24) is 10.3 Å². The molecule has 0 fully saturated rings. The molecule has 0 spiro atoms. The van der Waals surface area contributed by atoms with E-state index in [1.54, 1.807) is 11.3 Å². The Labute approximate surface area is 132 Å². The minimum atomic E-state index is 0.493. The fourth-order valence-corrected chi connectivity index (χ4v) is 3.27. The largest absolute Gasteiger partial charge is 0.321 e. The molecular weight excluding hydrogens is 278 g/mol. The van der Waals surface area contributed by atoms with Crippen LogP contribution in [0.3, 0.4) is 0 Å². The summed E-state index contributed by atoms with van der Waals surface area (Å²) in [5, 5.41) is 4.52. The normalized spacial score (nSPS) is 11.2. The molecule has 0 atom stereocenters. The van der Waals surface area contributed by atoms with Crippen molar-refractivity contribution in [3.8, 4) is 0 Å². The third kappa shape index (κ3) is 4.05. The molecule has 0 unspecified atom stereocenters. The summed E-state index contributed by atoms with van der Waals surface area (Å²) in [5.41, 5.74) is 4.89. The van der Waals surface area contributed by atoms with E-state index in [0.29, 0.717) is 6.04 Å². The van der Waals surface area contributed by atoms with E-state index in [1.165, 1.54) is 21.7 Å². The van der Waals surface area contributed by atoms with Crippen molar-refractivity contribution in [2.24, 2.45) is 0 Å². The first-order valence-corrected chi connectivity index (χ1v) is 8.20. The summed E-state index contributed by atoms with van der Waals surface area (Å²) in [7, 11) is 2.09. The lowest BCUT2D eigenvalue weighted by Crippen LogP contribution is -2.21. The number of aryl methyl sites for hydroxylation is 3. The lowest BCUT2D eigenvalue weighted by atomic mass is 10.1. The Morgan fingerprint density at radius 2 is 1.76 bits per heavy atom. The van der Waals surface area contributed by atoms with Crippen LogP contribution in [-0.2, 0) is 6.54 Å². The summed E-state index contributed by atoms with van der Waals surface area (Å²) in [6, 6.07) is 7.10. The maximum Gasteiger partial charge on any atom is 0.190 e. The number of thiazole rings is 1. The second kappa shape index (κ2) is 6.58. The Morgan fingerprint density at radius 1 is 1.14 bits per heavy atom. The lowest BCUT2D eigenvalue weighted by molar-refractivity contribution is 0.591. The van der Waals surface area contributed by atoms with Crippen LogP contribution in [0.2, 0.25) is 0 Å². The number of rotatable bonds is 5. The number of nitrogens with zero attached hydrogens (tertiary/aromatic N) is 2. The van der Waals surface area contributed by atoms with Gasteiger partial charge in [-0.1, -0.05) is 31.3 Å². The molecule has 1 aromatic carbocycles. The lowest BCUT2D eigenvalue weighted by Gasteiger charge is -2.17. The van der Waals surface area contributed by atoms with Crippen LogP contribution in [0.4, 0.5) is 10.8 Å². The molecule has 3 nitrogen and oxygen atoms in total. The zero-order chi connectivity index (χ0) is 15.6. The first kappa shape index (κ1) is 16.0. The van der Waals surface area contributed by atoms with Gasteiger partial charge in [0, 0.05) is 30.2 Å². The number of hydrogen-bond donors (Lipinski definition) is 1. The van der Waals surface area contributed by atoms with Crippen molar-refractivity contribution in [2.75, 3.05) is 11.9 Å². The topological polar surface area (TPSA) is 28.2 Å². The highest BCUT2D eigenvalue weighted by molar-refractivity contribution is 7.15. The molecule has 2 rings (SSSR count). The van der Waals surface area contributed by atoms with Crippen molar-refractivity contribution >= 4 is 22.2 Å². The molecule has 1 aromatic heterocycles. The van der Waals surface area contributed by atoms with Crippen molar-refractivity contribution in [3.05, 3.63) is 39.9 Å². The molecule has 0 aliphatic rings. The standard InChI is InChI=1S/C17H25N3S/c1-11(2)18-10-16-14(5)19-17(21-16)20(6)15-8-12(3)7-13(4)9-15/h7-9,11,18H,10H2,1-6H3. The summed E-state index contributed by atoms with van der Waals surface area (Å²) in [6.07, 6.45) is 0. The van der Waals surface area contributed by atoms with E-state index in [9.17, 15) is 0 Å². The first-order valence-electron chi connectivity index (χ1n) is 7.38. The summed E-state index contributed by atoms with van der Waals surface area (Å²) in [5.74, 6) is 0. The minimum Gasteiger partial charge on any atom is -0.321 e. The Bertz CT molecular complexity index is 596. The van der Waals surface area contributed by atoms with Crippen LogP contribution < -0.4 is 10.2 Å². The molecule has 0 radical (unpaired) electrons. The van der Waals surface area contributed by atoms with Gasteiger partial charge >= 0.3 is 0 Å². The van der Waals surface area contributed by atoms with Crippen LogP contribution in [0.5, 0.6) is 0 Å². The molecule has 0 aliphatic heterocycles. The second-order valence-corrected chi connectivity index (χ2v) is 7.01. The fourth-order valence-electron chi connectivity index (χ4n) is 2.27. The van der Waals surface area contributed by atoms with E-state index in [2.05, 4.69) is 70.1 Å². The van der Waals surface area contributed by atoms with Crippen LogP contribution in [0.1, 0.15) is 35.5 Å². The van der Waals surface area contributed by atoms with Gasteiger partial charge in [0.1, 0.15) is 0 Å². The Kier molecular flexibility index (Phi) is 5.01. The molecule has 114 valence electrons. The average Bonchev–Trinajstić information content (AvgIpc) is 2.75. The maximum absolute atomic E-state index is 4.73. The smallest absolute Gasteiger partial charge is 0.190 e. The summed E-state index contributed by atoms with van der Waals surface area (Å²) in [6.45, 7) is 11.6. The number of nitrogens with one attached hydrogen (secondary N) is 1. The quantitative estimate of drug-likeness (QED) is 0.891. The number of aromatic nitrogens is 1. The maximum atomic E-state index is 4.73. The highest BCUT2D eigenvalue weighted by Gasteiger charge is 2.13. The Hall–Kier alpha value is -1.39. The van der Waals surface area contributed by atoms with Gasteiger partial charge < -0.3 is 10.2 Å². The van der Waals surface area contributed by atoms with Crippen LogP contribution in [0.25, 0.3) is 0 Å². The van der Waals surface area contributed by atoms with Crippen molar-refractivity contribution < 1.29 is 0 Å². The third-order valence-corrected chi connectivity index (χ3v) is 4.67. The fraction of sp³-hybridized carbons (Fsp3) is 0.471. The van der Waals surface area contributed by atoms with Crippen molar-refractivity contribution in [2.45, 2.75) is 47.2 Å².